The molecule has 0 fully saturated rings. The number of nitrogens with zero attached hydrogens (tertiary/aromatic N) is 2. The van der Waals surface area contributed by atoms with Crippen molar-refractivity contribution in [3.8, 4) is 0 Å². The molecule has 0 saturated heterocycles. The Morgan fingerprint density at radius 3 is 2.79 bits per heavy atom. The van der Waals surface area contributed by atoms with Crippen LogP contribution in [0.5, 0.6) is 0 Å². The van der Waals surface area contributed by atoms with Gasteiger partial charge in [0.1, 0.15) is 0 Å². The lowest BCUT2D eigenvalue weighted by molar-refractivity contribution is -0.385. The molecule has 0 aromatic heterocycles. The van der Waals surface area contributed by atoms with Gasteiger partial charge < -0.3 is 5.32 Å². The number of hydrazone groups is 1. The van der Waals surface area contributed by atoms with Gasteiger partial charge in [-0.3, -0.25) is 14.9 Å². The standard InChI is InChI=1S/C16H15BrN4O3/c1-11-4-2-3-5-14(11)18-10-16(22)20-19-9-12-6-7-13(17)15(8-12)21(23)24/h2-9,18H,10H2,1H3,(H,20,22)/b19-9-. The molecule has 1 amide bonds. The highest BCUT2D eigenvalue weighted by Gasteiger charge is 2.11. The minimum absolute atomic E-state index is 0.0634. The molecule has 0 aliphatic rings. The summed E-state index contributed by atoms with van der Waals surface area (Å²) >= 11 is 3.11. The molecule has 0 bridgehead atoms. The van der Waals surface area contributed by atoms with Gasteiger partial charge >= 0.3 is 0 Å². The van der Waals surface area contributed by atoms with Crippen LogP contribution in [0.1, 0.15) is 11.1 Å². The SMILES string of the molecule is Cc1ccccc1NCC(=O)N/N=C\c1ccc(Br)c([N+](=O)[O-])c1. The highest BCUT2D eigenvalue weighted by molar-refractivity contribution is 9.10. The maximum atomic E-state index is 11.7. The molecule has 0 heterocycles. The van der Waals surface area contributed by atoms with Crippen molar-refractivity contribution in [3.63, 3.8) is 0 Å². The van der Waals surface area contributed by atoms with Crippen LogP contribution in [-0.2, 0) is 4.79 Å². The minimum Gasteiger partial charge on any atom is -0.376 e. The van der Waals surface area contributed by atoms with Crippen LogP contribution in [0.3, 0.4) is 0 Å². The number of amides is 1. The Labute approximate surface area is 147 Å². The lowest BCUT2D eigenvalue weighted by Gasteiger charge is -2.07. The predicted octanol–water partition coefficient (Wildman–Crippen LogP) is 3.23. The van der Waals surface area contributed by atoms with Gasteiger partial charge in [0.2, 0.25) is 0 Å². The summed E-state index contributed by atoms with van der Waals surface area (Å²) in [7, 11) is 0. The third-order valence-corrected chi connectivity index (χ3v) is 3.82. The van der Waals surface area contributed by atoms with Gasteiger partial charge in [0.25, 0.3) is 11.6 Å². The van der Waals surface area contributed by atoms with E-state index in [1.165, 1.54) is 12.3 Å². The lowest BCUT2D eigenvalue weighted by atomic mass is 10.2. The average Bonchev–Trinajstić information content (AvgIpc) is 2.55. The van der Waals surface area contributed by atoms with Crippen LogP contribution < -0.4 is 10.7 Å². The summed E-state index contributed by atoms with van der Waals surface area (Å²) in [6.45, 7) is 2.02. The first-order valence-electron chi connectivity index (χ1n) is 7.02. The van der Waals surface area contributed by atoms with Gasteiger partial charge in [-0.05, 0) is 40.5 Å². The van der Waals surface area contributed by atoms with Gasteiger partial charge in [0, 0.05) is 17.3 Å². The summed E-state index contributed by atoms with van der Waals surface area (Å²) in [5.74, 6) is -0.318. The van der Waals surface area contributed by atoms with Crippen molar-refractivity contribution in [2.75, 3.05) is 11.9 Å². The first-order chi connectivity index (χ1) is 11.5. The number of nitrogens with one attached hydrogen (secondary N) is 2. The minimum atomic E-state index is -0.494. The number of hydrogen-bond acceptors (Lipinski definition) is 5. The number of anilines is 1. The zero-order chi connectivity index (χ0) is 17.5. The number of para-hydroxylation sites is 1. The van der Waals surface area contributed by atoms with Crippen LogP contribution in [0.2, 0.25) is 0 Å². The summed E-state index contributed by atoms with van der Waals surface area (Å²) in [6, 6.07) is 12.2. The van der Waals surface area contributed by atoms with E-state index in [2.05, 4.69) is 31.8 Å². The highest BCUT2D eigenvalue weighted by atomic mass is 79.9. The first-order valence-corrected chi connectivity index (χ1v) is 7.82. The highest BCUT2D eigenvalue weighted by Crippen LogP contribution is 2.24. The van der Waals surface area contributed by atoms with E-state index in [-0.39, 0.29) is 18.1 Å². The van der Waals surface area contributed by atoms with E-state index in [1.54, 1.807) is 12.1 Å². The molecule has 7 nitrogen and oxygen atoms in total. The number of hydrogen-bond donors (Lipinski definition) is 2. The van der Waals surface area contributed by atoms with E-state index in [0.29, 0.717) is 10.0 Å². The molecule has 0 atom stereocenters. The molecule has 2 rings (SSSR count). The predicted molar refractivity (Wildman–Crippen MR) is 96.2 cm³/mol. The van der Waals surface area contributed by atoms with E-state index >= 15 is 0 Å². The Balaban J connectivity index is 1.90. The van der Waals surface area contributed by atoms with Gasteiger partial charge in [-0.25, -0.2) is 5.43 Å². The Bertz CT molecular complexity index is 793. The maximum absolute atomic E-state index is 11.7. The molecule has 124 valence electrons. The Hall–Kier alpha value is -2.74. The van der Waals surface area contributed by atoms with Crippen molar-refractivity contribution in [1.82, 2.24) is 5.43 Å². The van der Waals surface area contributed by atoms with Gasteiger partial charge in [-0.2, -0.15) is 5.10 Å². The Morgan fingerprint density at radius 2 is 2.08 bits per heavy atom. The number of nitro groups is 1. The Kier molecular flexibility index (Phi) is 6.02. The molecule has 0 unspecified atom stereocenters. The van der Waals surface area contributed by atoms with Crippen LogP contribution >= 0.6 is 15.9 Å². The van der Waals surface area contributed by atoms with Crippen molar-refractivity contribution in [1.29, 1.82) is 0 Å². The molecule has 2 aromatic rings. The second-order valence-corrected chi connectivity index (χ2v) is 5.78. The first kappa shape index (κ1) is 17.6. The van der Waals surface area contributed by atoms with E-state index in [1.807, 2.05) is 31.2 Å². The van der Waals surface area contributed by atoms with Crippen molar-refractivity contribution in [2.45, 2.75) is 6.92 Å². The van der Waals surface area contributed by atoms with E-state index < -0.39 is 4.92 Å². The number of nitro benzene ring substituents is 1. The van der Waals surface area contributed by atoms with Gasteiger partial charge in [0.15, 0.2) is 0 Å². The summed E-state index contributed by atoms with van der Waals surface area (Å²) < 4.78 is 0.385. The van der Waals surface area contributed by atoms with Gasteiger partial charge in [-0.1, -0.05) is 24.3 Å². The molecule has 2 N–H and O–H groups in total. The fourth-order valence-corrected chi connectivity index (χ4v) is 2.31. The normalized spacial score (nSPS) is 10.6. The monoisotopic (exact) mass is 390 g/mol. The molecule has 0 spiro atoms. The second kappa shape index (κ2) is 8.21. The fourth-order valence-electron chi connectivity index (χ4n) is 1.91. The summed E-state index contributed by atoms with van der Waals surface area (Å²) in [5.41, 5.74) is 4.73. The van der Waals surface area contributed by atoms with Crippen LogP contribution in [0.15, 0.2) is 52.0 Å². The van der Waals surface area contributed by atoms with E-state index in [9.17, 15) is 14.9 Å². The smallest absolute Gasteiger partial charge is 0.284 e. The van der Waals surface area contributed by atoms with Gasteiger partial charge in [-0.15, -0.1) is 0 Å². The number of benzene rings is 2. The van der Waals surface area contributed by atoms with Crippen LogP contribution in [0.25, 0.3) is 0 Å². The summed E-state index contributed by atoms with van der Waals surface area (Å²) in [4.78, 5) is 22.1. The third kappa shape index (κ3) is 4.88. The molecular formula is C16H15BrN4O3. The maximum Gasteiger partial charge on any atom is 0.284 e. The topological polar surface area (TPSA) is 96.6 Å². The lowest BCUT2D eigenvalue weighted by Crippen LogP contribution is -2.26. The molecule has 2 aromatic carbocycles. The quantitative estimate of drug-likeness (QED) is 0.449. The van der Waals surface area contributed by atoms with Crippen molar-refractivity contribution in [2.24, 2.45) is 5.10 Å². The molecule has 24 heavy (non-hydrogen) atoms. The molecule has 0 saturated carbocycles. The molecular weight excluding hydrogens is 376 g/mol. The number of aryl methyl sites for hydroxylation is 1. The van der Waals surface area contributed by atoms with Crippen molar-refractivity contribution < 1.29 is 9.72 Å². The number of rotatable bonds is 6. The van der Waals surface area contributed by atoms with Crippen molar-refractivity contribution >= 4 is 39.4 Å². The van der Waals surface area contributed by atoms with E-state index in [4.69, 9.17) is 0 Å². The average molecular weight is 391 g/mol. The largest absolute Gasteiger partial charge is 0.376 e. The van der Waals surface area contributed by atoms with Crippen molar-refractivity contribution in [3.05, 3.63) is 68.2 Å². The zero-order valence-corrected chi connectivity index (χ0v) is 14.4. The van der Waals surface area contributed by atoms with E-state index in [0.717, 1.165) is 11.3 Å². The number of carbonyl (C=O) groups is 1. The molecule has 8 heteroatoms. The molecule has 0 aliphatic carbocycles. The summed E-state index contributed by atoms with van der Waals surface area (Å²) in [6.07, 6.45) is 1.35. The number of halogens is 1. The fraction of sp³-hybridized carbons (Fsp3) is 0.125. The summed E-state index contributed by atoms with van der Waals surface area (Å²) in [5, 5.41) is 17.7. The van der Waals surface area contributed by atoms with Crippen LogP contribution in [0.4, 0.5) is 11.4 Å². The Morgan fingerprint density at radius 1 is 1.33 bits per heavy atom. The van der Waals surface area contributed by atoms with Crippen LogP contribution in [-0.4, -0.2) is 23.6 Å². The third-order valence-electron chi connectivity index (χ3n) is 3.15. The number of carbonyl (C=O) groups excluding carboxylic acids is 1. The molecule has 0 aliphatic heterocycles. The second-order valence-electron chi connectivity index (χ2n) is 4.93. The van der Waals surface area contributed by atoms with Crippen LogP contribution in [0, 0.1) is 17.0 Å². The molecule has 0 radical (unpaired) electrons. The zero-order valence-electron chi connectivity index (χ0n) is 12.8. The van der Waals surface area contributed by atoms with Gasteiger partial charge in [0.05, 0.1) is 22.2 Å².